The Morgan fingerprint density at radius 1 is 0.833 bits per heavy atom. The second-order valence-corrected chi connectivity index (χ2v) is 6.65. The van der Waals surface area contributed by atoms with Crippen molar-refractivity contribution in [3.05, 3.63) is 88.9 Å². The van der Waals surface area contributed by atoms with E-state index in [1.54, 1.807) is 0 Å². The van der Waals surface area contributed by atoms with Gasteiger partial charge in [-0.05, 0) is 30.0 Å². The summed E-state index contributed by atoms with van der Waals surface area (Å²) in [5.74, 6) is 1.00. The van der Waals surface area contributed by atoms with Crippen molar-refractivity contribution in [2.45, 2.75) is 25.4 Å². The molecule has 2 heteroatoms. The molecule has 0 saturated carbocycles. The number of aryl methyl sites for hydroxylation is 1. The van der Waals surface area contributed by atoms with E-state index in [1.807, 2.05) is 18.2 Å². The van der Waals surface area contributed by atoms with Crippen molar-refractivity contribution in [2.75, 3.05) is 0 Å². The van der Waals surface area contributed by atoms with E-state index in [0.717, 1.165) is 41.2 Å². The van der Waals surface area contributed by atoms with E-state index in [0.29, 0.717) is 0 Å². The van der Waals surface area contributed by atoms with Crippen LogP contribution in [-0.2, 0) is 12.8 Å². The van der Waals surface area contributed by atoms with E-state index in [9.17, 15) is 0 Å². The lowest BCUT2D eigenvalue weighted by Gasteiger charge is -2.13. The molecule has 0 spiro atoms. The van der Waals surface area contributed by atoms with Crippen molar-refractivity contribution in [3.63, 3.8) is 0 Å². The Bertz CT molecular complexity index is 842. The Kier molecular flexibility index (Phi) is 4.27. The van der Waals surface area contributed by atoms with Gasteiger partial charge in [0.2, 0.25) is 0 Å². The van der Waals surface area contributed by atoms with Crippen LogP contribution in [0.5, 0.6) is 5.75 Å². The molecule has 1 atom stereocenters. The van der Waals surface area contributed by atoms with Crippen molar-refractivity contribution in [3.8, 4) is 16.9 Å². The first-order valence-corrected chi connectivity index (χ1v) is 8.76. The summed E-state index contributed by atoms with van der Waals surface area (Å²) >= 11 is 6.38. The summed E-state index contributed by atoms with van der Waals surface area (Å²) in [6, 6.07) is 24.9. The first-order valence-electron chi connectivity index (χ1n) is 8.38. The maximum atomic E-state index is 6.38. The first kappa shape index (κ1) is 15.3. The molecular formula is C22H19ClO. The average molecular weight is 335 g/mol. The number of fused-ring (bicyclic) bond motifs is 1. The number of hydrogen-bond donors (Lipinski definition) is 0. The molecule has 1 aliphatic rings. The van der Waals surface area contributed by atoms with Crippen molar-refractivity contribution in [1.82, 2.24) is 0 Å². The lowest BCUT2D eigenvalue weighted by atomic mass is 9.99. The normalized spacial score (nSPS) is 15.8. The molecule has 0 aromatic heterocycles. The molecular weight excluding hydrogens is 316 g/mol. The number of halogens is 1. The second kappa shape index (κ2) is 6.70. The Morgan fingerprint density at radius 3 is 2.42 bits per heavy atom. The molecule has 0 bridgehead atoms. The topological polar surface area (TPSA) is 9.23 Å². The number of ether oxygens (including phenoxy) is 1. The van der Waals surface area contributed by atoms with Crippen LogP contribution >= 0.6 is 11.6 Å². The molecule has 1 aliphatic heterocycles. The summed E-state index contributed by atoms with van der Waals surface area (Å²) in [5, 5.41) is 0.766. The van der Waals surface area contributed by atoms with Crippen LogP contribution < -0.4 is 4.74 Å². The zero-order valence-corrected chi connectivity index (χ0v) is 14.2. The van der Waals surface area contributed by atoms with Gasteiger partial charge in [-0.25, -0.2) is 0 Å². The van der Waals surface area contributed by atoms with Crippen molar-refractivity contribution < 1.29 is 4.74 Å². The molecule has 1 unspecified atom stereocenters. The highest BCUT2D eigenvalue weighted by Gasteiger charge is 2.25. The maximum Gasteiger partial charge on any atom is 0.130 e. The molecule has 0 saturated heterocycles. The molecule has 0 fully saturated rings. The molecule has 0 aliphatic carbocycles. The van der Waals surface area contributed by atoms with Gasteiger partial charge >= 0.3 is 0 Å². The fourth-order valence-corrected chi connectivity index (χ4v) is 3.60. The summed E-state index contributed by atoms with van der Waals surface area (Å²) in [7, 11) is 0. The Morgan fingerprint density at radius 2 is 1.58 bits per heavy atom. The van der Waals surface area contributed by atoms with E-state index >= 15 is 0 Å². The van der Waals surface area contributed by atoms with Gasteiger partial charge in [0.15, 0.2) is 0 Å². The molecule has 0 radical (unpaired) electrons. The van der Waals surface area contributed by atoms with Crippen LogP contribution in [0.15, 0.2) is 72.8 Å². The third-order valence-corrected chi connectivity index (χ3v) is 4.92. The largest absolute Gasteiger partial charge is 0.489 e. The van der Waals surface area contributed by atoms with Crippen LogP contribution in [0.3, 0.4) is 0 Å². The van der Waals surface area contributed by atoms with Crippen molar-refractivity contribution in [1.29, 1.82) is 0 Å². The molecule has 1 nitrogen and oxygen atoms in total. The van der Waals surface area contributed by atoms with Crippen LogP contribution in [0.4, 0.5) is 0 Å². The minimum absolute atomic E-state index is 0.240. The molecule has 4 rings (SSSR count). The lowest BCUT2D eigenvalue weighted by molar-refractivity contribution is 0.222. The average Bonchev–Trinajstić information content (AvgIpc) is 3.04. The highest BCUT2D eigenvalue weighted by Crippen LogP contribution is 2.41. The SMILES string of the molecule is Clc1ccccc1-c1cccc2c1OC(CCc1ccccc1)C2. The number of rotatable bonds is 4. The Labute approximate surface area is 147 Å². The number of benzene rings is 3. The molecule has 0 amide bonds. The van der Waals surface area contributed by atoms with Crippen LogP contribution in [0.2, 0.25) is 5.02 Å². The smallest absolute Gasteiger partial charge is 0.130 e. The third kappa shape index (κ3) is 3.05. The first-order chi connectivity index (χ1) is 11.8. The standard InChI is InChI=1S/C22H19ClO/c23-21-12-5-4-10-19(21)20-11-6-9-17-15-18(24-22(17)20)14-13-16-7-2-1-3-8-16/h1-12,18H,13-15H2. The highest BCUT2D eigenvalue weighted by atomic mass is 35.5. The summed E-state index contributed by atoms with van der Waals surface area (Å²) < 4.78 is 6.31. The third-order valence-electron chi connectivity index (χ3n) is 4.59. The summed E-state index contributed by atoms with van der Waals surface area (Å²) in [6.45, 7) is 0. The Balaban J connectivity index is 1.54. The van der Waals surface area contributed by atoms with Crippen LogP contribution in [0.25, 0.3) is 11.1 Å². The van der Waals surface area contributed by atoms with Gasteiger partial charge in [0.1, 0.15) is 11.9 Å². The molecule has 0 N–H and O–H groups in total. The van der Waals surface area contributed by atoms with E-state index < -0.39 is 0 Å². The molecule has 3 aromatic carbocycles. The van der Waals surface area contributed by atoms with Crippen molar-refractivity contribution >= 4 is 11.6 Å². The fraction of sp³-hybridized carbons (Fsp3) is 0.182. The maximum absolute atomic E-state index is 6.38. The van der Waals surface area contributed by atoms with Crippen molar-refractivity contribution in [2.24, 2.45) is 0 Å². The van der Waals surface area contributed by atoms with Gasteiger partial charge in [0.25, 0.3) is 0 Å². The number of hydrogen-bond acceptors (Lipinski definition) is 1. The fourth-order valence-electron chi connectivity index (χ4n) is 3.36. The monoisotopic (exact) mass is 334 g/mol. The van der Waals surface area contributed by atoms with Gasteiger partial charge in [-0.15, -0.1) is 0 Å². The predicted molar refractivity (Wildman–Crippen MR) is 99.8 cm³/mol. The molecule has 1 heterocycles. The van der Waals surface area contributed by atoms with Gasteiger partial charge < -0.3 is 4.74 Å². The zero-order valence-electron chi connectivity index (χ0n) is 13.4. The minimum atomic E-state index is 0.240. The zero-order chi connectivity index (χ0) is 16.4. The van der Waals surface area contributed by atoms with E-state index in [4.69, 9.17) is 16.3 Å². The summed E-state index contributed by atoms with van der Waals surface area (Å²) in [5.41, 5.74) is 4.79. The summed E-state index contributed by atoms with van der Waals surface area (Å²) in [6.07, 6.45) is 3.28. The second-order valence-electron chi connectivity index (χ2n) is 6.24. The van der Waals surface area contributed by atoms with Gasteiger partial charge in [-0.2, -0.15) is 0 Å². The molecule has 24 heavy (non-hydrogen) atoms. The van der Waals surface area contributed by atoms with E-state index in [2.05, 4.69) is 54.6 Å². The van der Waals surface area contributed by atoms with E-state index in [-0.39, 0.29) is 6.10 Å². The number of para-hydroxylation sites is 1. The predicted octanol–water partition coefficient (Wildman–Crippen LogP) is 5.94. The quantitative estimate of drug-likeness (QED) is 0.573. The minimum Gasteiger partial charge on any atom is -0.489 e. The lowest BCUT2D eigenvalue weighted by Crippen LogP contribution is -2.13. The molecule has 120 valence electrons. The summed E-state index contributed by atoms with van der Waals surface area (Å²) in [4.78, 5) is 0. The van der Waals surface area contributed by atoms with Gasteiger partial charge in [0.05, 0.1) is 0 Å². The van der Waals surface area contributed by atoms with Crippen LogP contribution in [0.1, 0.15) is 17.5 Å². The highest BCUT2D eigenvalue weighted by molar-refractivity contribution is 6.33. The van der Waals surface area contributed by atoms with E-state index in [1.165, 1.54) is 11.1 Å². The van der Waals surface area contributed by atoms with Gasteiger partial charge in [-0.1, -0.05) is 78.3 Å². The Hall–Kier alpha value is -2.25. The van der Waals surface area contributed by atoms with Crippen LogP contribution in [0, 0.1) is 0 Å². The van der Waals surface area contributed by atoms with Crippen LogP contribution in [-0.4, -0.2) is 6.10 Å². The van der Waals surface area contributed by atoms with Gasteiger partial charge in [-0.3, -0.25) is 0 Å². The van der Waals surface area contributed by atoms with Gasteiger partial charge in [0, 0.05) is 22.6 Å². The molecule has 3 aromatic rings.